The average molecular weight is 172 g/mol. The molecule has 2 heteroatoms. The largest absolute Gasteiger partial charge is 0.387 e. The Labute approximate surface area is 74.9 Å². The second-order valence-electron chi connectivity index (χ2n) is 4.39. The summed E-state index contributed by atoms with van der Waals surface area (Å²) in [6, 6.07) is 0. The van der Waals surface area contributed by atoms with E-state index in [9.17, 15) is 5.11 Å². The Kier molecular flexibility index (Phi) is 2.79. The van der Waals surface area contributed by atoms with Gasteiger partial charge in [-0.15, -0.1) is 0 Å². The van der Waals surface area contributed by atoms with Gasteiger partial charge in [-0.2, -0.15) is 0 Å². The first-order valence-corrected chi connectivity index (χ1v) is 4.82. The van der Waals surface area contributed by atoms with E-state index in [-0.39, 0.29) is 5.41 Å². The molecular weight excluding hydrogens is 152 g/mol. The van der Waals surface area contributed by atoms with E-state index >= 15 is 0 Å². The van der Waals surface area contributed by atoms with Crippen molar-refractivity contribution in [3.8, 4) is 0 Å². The number of rotatable bonds is 5. The maximum atomic E-state index is 10.0. The van der Waals surface area contributed by atoms with E-state index in [1.54, 1.807) is 0 Å². The normalized spacial score (nSPS) is 25.0. The van der Waals surface area contributed by atoms with Crippen LogP contribution < -0.4 is 0 Å². The van der Waals surface area contributed by atoms with Crippen molar-refractivity contribution >= 4 is 0 Å². The molecule has 1 aliphatic rings. The Hall–Kier alpha value is -0.0800. The molecule has 1 unspecified atom stereocenters. The molecule has 0 aliphatic heterocycles. The van der Waals surface area contributed by atoms with Crippen LogP contribution in [0, 0.1) is 5.41 Å². The highest BCUT2D eigenvalue weighted by Gasteiger charge is 2.52. The summed E-state index contributed by atoms with van der Waals surface area (Å²) in [4.78, 5) is 0. The molecule has 1 rings (SSSR count). The predicted octanol–water partition coefficient (Wildman–Crippen LogP) is 1.96. The fourth-order valence-corrected chi connectivity index (χ4v) is 1.32. The SMILES string of the molecule is CCCOCC(C)(O)C1(C)CC1. The van der Waals surface area contributed by atoms with Crippen LogP contribution >= 0.6 is 0 Å². The highest BCUT2D eigenvalue weighted by molar-refractivity contribution is 5.02. The van der Waals surface area contributed by atoms with Crippen molar-refractivity contribution in [3.63, 3.8) is 0 Å². The molecule has 0 aromatic rings. The zero-order valence-corrected chi connectivity index (χ0v) is 8.39. The summed E-state index contributed by atoms with van der Waals surface area (Å²) in [7, 11) is 0. The van der Waals surface area contributed by atoms with Gasteiger partial charge in [0.2, 0.25) is 0 Å². The van der Waals surface area contributed by atoms with Crippen molar-refractivity contribution in [2.24, 2.45) is 5.41 Å². The summed E-state index contributed by atoms with van der Waals surface area (Å²) in [5, 5.41) is 10.0. The third-order valence-electron chi connectivity index (χ3n) is 3.03. The maximum Gasteiger partial charge on any atom is 0.0905 e. The Balaban J connectivity index is 2.28. The van der Waals surface area contributed by atoms with E-state index in [2.05, 4.69) is 13.8 Å². The van der Waals surface area contributed by atoms with Gasteiger partial charge in [0.25, 0.3) is 0 Å². The lowest BCUT2D eigenvalue weighted by molar-refractivity contribution is -0.0771. The van der Waals surface area contributed by atoms with Crippen LogP contribution in [0.1, 0.15) is 40.0 Å². The van der Waals surface area contributed by atoms with Crippen molar-refractivity contribution in [2.45, 2.75) is 45.6 Å². The Bertz CT molecular complexity index is 148. The monoisotopic (exact) mass is 172 g/mol. The van der Waals surface area contributed by atoms with Crippen molar-refractivity contribution in [3.05, 3.63) is 0 Å². The van der Waals surface area contributed by atoms with E-state index in [0.717, 1.165) is 25.9 Å². The Morgan fingerprint density at radius 3 is 2.50 bits per heavy atom. The van der Waals surface area contributed by atoms with Crippen LogP contribution in [-0.2, 0) is 4.74 Å². The van der Waals surface area contributed by atoms with Gasteiger partial charge in [0, 0.05) is 6.61 Å². The summed E-state index contributed by atoms with van der Waals surface area (Å²) in [5.41, 5.74) is -0.497. The molecule has 0 spiro atoms. The molecule has 1 atom stereocenters. The topological polar surface area (TPSA) is 29.5 Å². The minimum absolute atomic E-state index is 0.126. The van der Waals surface area contributed by atoms with Gasteiger partial charge in [-0.25, -0.2) is 0 Å². The van der Waals surface area contributed by atoms with Crippen molar-refractivity contribution < 1.29 is 9.84 Å². The van der Waals surface area contributed by atoms with Gasteiger partial charge in [-0.05, 0) is 31.6 Å². The standard InChI is InChI=1S/C10H20O2/c1-4-7-12-8-10(3,11)9(2)5-6-9/h11H,4-8H2,1-3H3. The van der Waals surface area contributed by atoms with E-state index in [1.165, 1.54) is 0 Å². The van der Waals surface area contributed by atoms with E-state index < -0.39 is 5.60 Å². The van der Waals surface area contributed by atoms with Crippen LogP contribution in [0.2, 0.25) is 0 Å². The van der Waals surface area contributed by atoms with E-state index in [1.807, 2.05) is 6.92 Å². The summed E-state index contributed by atoms with van der Waals surface area (Å²) in [6.45, 7) is 7.33. The molecule has 1 fully saturated rings. The van der Waals surface area contributed by atoms with Gasteiger partial charge in [-0.3, -0.25) is 0 Å². The first-order valence-electron chi connectivity index (χ1n) is 4.82. The molecule has 0 heterocycles. The van der Waals surface area contributed by atoms with Crippen molar-refractivity contribution in [2.75, 3.05) is 13.2 Å². The quantitative estimate of drug-likeness (QED) is 0.642. The second-order valence-corrected chi connectivity index (χ2v) is 4.39. The van der Waals surface area contributed by atoms with Crippen LogP contribution in [0.5, 0.6) is 0 Å². The lowest BCUT2D eigenvalue weighted by Gasteiger charge is -2.30. The van der Waals surface area contributed by atoms with Crippen LogP contribution in [0.3, 0.4) is 0 Å². The molecule has 0 aromatic carbocycles. The van der Waals surface area contributed by atoms with Crippen LogP contribution in [0.15, 0.2) is 0 Å². The molecule has 1 saturated carbocycles. The summed E-state index contributed by atoms with van der Waals surface area (Å²) in [6.07, 6.45) is 3.29. The van der Waals surface area contributed by atoms with Crippen LogP contribution in [-0.4, -0.2) is 23.9 Å². The van der Waals surface area contributed by atoms with Crippen molar-refractivity contribution in [1.29, 1.82) is 0 Å². The number of hydrogen-bond acceptors (Lipinski definition) is 2. The zero-order valence-electron chi connectivity index (χ0n) is 8.39. The maximum absolute atomic E-state index is 10.0. The van der Waals surface area contributed by atoms with Crippen molar-refractivity contribution in [1.82, 2.24) is 0 Å². The Morgan fingerprint density at radius 2 is 2.08 bits per heavy atom. The number of ether oxygens (including phenoxy) is 1. The predicted molar refractivity (Wildman–Crippen MR) is 49.1 cm³/mol. The highest BCUT2D eigenvalue weighted by atomic mass is 16.5. The van der Waals surface area contributed by atoms with Gasteiger partial charge >= 0.3 is 0 Å². The van der Waals surface area contributed by atoms with E-state index in [4.69, 9.17) is 4.74 Å². The molecule has 1 N–H and O–H groups in total. The average Bonchev–Trinajstić information content (AvgIpc) is 2.70. The molecule has 0 saturated heterocycles. The van der Waals surface area contributed by atoms with Gasteiger partial charge in [0.15, 0.2) is 0 Å². The second kappa shape index (κ2) is 3.35. The number of aliphatic hydroxyl groups is 1. The zero-order chi connectivity index (χ0) is 9.24. The highest BCUT2D eigenvalue weighted by Crippen LogP contribution is 2.53. The van der Waals surface area contributed by atoms with Crippen LogP contribution in [0.4, 0.5) is 0 Å². The molecule has 0 bridgehead atoms. The van der Waals surface area contributed by atoms with Gasteiger partial charge in [0.1, 0.15) is 0 Å². The minimum Gasteiger partial charge on any atom is -0.387 e. The molecule has 0 radical (unpaired) electrons. The summed E-state index contributed by atoms with van der Waals surface area (Å²) >= 11 is 0. The first-order chi connectivity index (χ1) is 5.52. The summed E-state index contributed by atoms with van der Waals surface area (Å²) < 4.78 is 5.36. The fraction of sp³-hybridized carbons (Fsp3) is 1.00. The molecule has 1 aliphatic carbocycles. The first kappa shape index (κ1) is 10.0. The third-order valence-corrected chi connectivity index (χ3v) is 3.03. The van der Waals surface area contributed by atoms with E-state index in [0.29, 0.717) is 6.61 Å². The van der Waals surface area contributed by atoms with Gasteiger partial charge < -0.3 is 9.84 Å². The molecular formula is C10H20O2. The number of hydrogen-bond donors (Lipinski definition) is 1. The van der Waals surface area contributed by atoms with Gasteiger partial charge in [-0.1, -0.05) is 13.8 Å². The molecule has 0 aromatic heterocycles. The molecule has 2 nitrogen and oxygen atoms in total. The van der Waals surface area contributed by atoms with Crippen LogP contribution in [0.25, 0.3) is 0 Å². The Morgan fingerprint density at radius 1 is 1.50 bits per heavy atom. The summed E-state index contributed by atoms with van der Waals surface area (Å²) in [5.74, 6) is 0. The lowest BCUT2D eigenvalue weighted by atomic mass is 9.88. The molecule has 0 amide bonds. The lowest BCUT2D eigenvalue weighted by Crippen LogP contribution is -2.39. The molecule has 12 heavy (non-hydrogen) atoms. The van der Waals surface area contributed by atoms with Gasteiger partial charge in [0.05, 0.1) is 12.2 Å². The minimum atomic E-state index is -0.623. The third kappa shape index (κ3) is 1.99. The smallest absolute Gasteiger partial charge is 0.0905 e. The fourth-order valence-electron chi connectivity index (χ4n) is 1.32. The molecule has 72 valence electrons.